The first-order valence-corrected chi connectivity index (χ1v) is 9.88. The second-order valence-corrected chi connectivity index (χ2v) is 7.27. The van der Waals surface area contributed by atoms with E-state index in [1.165, 1.54) is 11.2 Å². The highest BCUT2D eigenvalue weighted by molar-refractivity contribution is 7.99. The van der Waals surface area contributed by atoms with E-state index in [-0.39, 0.29) is 0 Å². The molecule has 2 N–H and O–H groups in total. The summed E-state index contributed by atoms with van der Waals surface area (Å²) in [5, 5.41) is 11.5. The molecule has 0 bridgehead atoms. The van der Waals surface area contributed by atoms with Gasteiger partial charge in [-0.25, -0.2) is 9.67 Å². The Bertz CT molecular complexity index is 847. The Morgan fingerprint density at radius 3 is 2.56 bits per heavy atom. The van der Waals surface area contributed by atoms with Crippen LogP contribution in [0, 0.1) is 0 Å². The summed E-state index contributed by atoms with van der Waals surface area (Å²) in [6.07, 6.45) is 3.21. The van der Waals surface area contributed by atoms with Gasteiger partial charge in [0.25, 0.3) is 0 Å². The van der Waals surface area contributed by atoms with Crippen molar-refractivity contribution >= 4 is 29.3 Å². The van der Waals surface area contributed by atoms with Gasteiger partial charge in [0.1, 0.15) is 12.7 Å². The van der Waals surface area contributed by atoms with Gasteiger partial charge in [0, 0.05) is 35.8 Å². The van der Waals surface area contributed by atoms with Gasteiger partial charge < -0.3 is 10.6 Å². The fraction of sp³-hybridized carbons (Fsp3) is 0.211. The lowest BCUT2D eigenvalue weighted by Crippen LogP contribution is -2.37. The van der Waals surface area contributed by atoms with Crippen molar-refractivity contribution in [3.8, 4) is 5.69 Å². The van der Waals surface area contributed by atoms with Crippen LogP contribution >= 0.6 is 23.4 Å². The van der Waals surface area contributed by atoms with Crippen molar-refractivity contribution in [1.29, 1.82) is 0 Å². The monoisotopic (exact) mass is 400 g/mol. The number of aromatic nitrogens is 3. The zero-order valence-electron chi connectivity index (χ0n) is 15.0. The van der Waals surface area contributed by atoms with E-state index in [9.17, 15) is 0 Å². The summed E-state index contributed by atoms with van der Waals surface area (Å²) in [4.78, 5) is 9.43. The van der Waals surface area contributed by atoms with E-state index < -0.39 is 0 Å². The van der Waals surface area contributed by atoms with Gasteiger partial charge in [0.05, 0.1) is 5.69 Å². The largest absolute Gasteiger partial charge is 0.356 e. The lowest BCUT2D eigenvalue weighted by atomic mass is 10.2. The second kappa shape index (κ2) is 9.99. The van der Waals surface area contributed by atoms with Crippen molar-refractivity contribution in [2.45, 2.75) is 11.4 Å². The second-order valence-electron chi connectivity index (χ2n) is 5.66. The molecule has 3 rings (SSSR count). The van der Waals surface area contributed by atoms with Gasteiger partial charge >= 0.3 is 0 Å². The summed E-state index contributed by atoms with van der Waals surface area (Å²) in [7, 11) is 1.77. The number of aliphatic imine (C=N–C) groups is 1. The predicted molar refractivity (Wildman–Crippen MR) is 112 cm³/mol. The Hall–Kier alpha value is -2.51. The van der Waals surface area contributed by atoms with Crippen LogP contribution in [0.25, 0.3) is 5.69 Å². The van der Waals surface area contributed by atoms with Crippen molar-refractivity contribution in [2.24, 2.45) is 4.99 Å². The smallest absolute Gasteiger partial charge is 0.191 e. The van der Waals surface area contributed by atoms with E-state index in [1.54, 1.807) is 29.8 Å². The lowest BCUT2D eigenvalue weighted by molar-refractivity contribution is 0.830. The first-order valence-electron chi connectivity index (χ1n) is 8.51. The van der Waals surface area contributed by atoms with Crippen molar-refractivity contribution < 1.29 is 0 Å². The van der Waals surface area contributed by atoms with E-state index >= 15 is 0 Å². The summed E-state index contributed by atoms with van der Waals surface area (Å²) in [5.41, 5.74) is 2.15. The van der Waals surface area contributed by atoms with Crippen molar-refractivity contribution in [3.05, 3.63) is 71.8 Å². The van der Waals surface area contributed by atoms with Crippen LogP contribution in [0.1, 0.15) is 5.56 Å². The van der Waals surface area contributed by atoms with Crippen LogP contribution in [-0.4, -0.2) is 40.1 Å². The van der Waals surface area contributed by atoms with Gasteiger partial charge in [0.15, 0.2) is 5.96 Å². The molecular weight excluding hydrogens is 380 g/mol. The number of thioether (sulfide) groups is 1. The summed E-state index contributed by atoms with van der Waals surface area (Å²) in [6, 6.07) is 16.0. The molecule has 0 radical (unpaired) electrons. The van der Waals surface area contributed by atoms with Crippen LogP contribution in [0.3, 0.4) is 0 Å². The lowest BCUT2D eigenvalue weighted by Gasteiger charge is -2.12. The highest BCUT2D eigenvalue weighted by Crippen LogP contribution is 2.19. The molecule has 3 aromatic rings. The van der Waals surface area contributed by atoms with E-state index in [4.69, 9.17) is 11.6 Å². The van der Waals surface area contributed by atoms with E-state index in [1.807, 2.05) is 36.4 Å². The van der Waals surface area contributed by atoms with Crippen LogP contribution in [0.4, 0.5) is 0 Å². The average Bonchev–Trinajstić information content (AvgIpc) is 3.24. The summed E-state index contributed by atoms with van der Waals surface area (Å²) in [5.74, 6) is 1.72. The number of nitrogens with zero attached hydrogens (tertiary/aromatic N) is 4. The number of rotatable bonds is 7. The predicted octanol–water partition coefficient (Wildman–Crippen LogP) is 3.38. The molecule has 27 heavy (non-hydrogen) atoms. The van der Waals surface area contributed by atoms with Gasteiger partial charge in [-0.05, 0) is 42.0 Å². The maximum atomic E-state index is 5.90. The third kappa shape index (κ3) is 6.01. The molecule has 6 nitrogen and oxygen atoms in total. The molecule has 0 aliphatic heterocycles. The van der Waals surface area contributed by atoms with Gasteiger partial charge in [-0.3, -0.25) is 4.99 Å². The molecule has 140 valence electrons. The van der Waals surface area contributed by atoms with E-state index in [0.717, 1.165) is 34.5 Å². The number of guanidine groups is 1. The normalized spacial score (nSPS) is 11.4. The maximum absolute atomic E-state index is 5.90. The number of hydrogen-bond acceptors (Lipinski definition) is 4. The molecule has 0 aliphatic carbocycles. The van der Waals surface area contributed by atoms with Gasteiger partial charge in [-0.15, -0.1) is 11.8 Å². The number of benzene rings is 2. The highest BCUT2D eigenvalue weighted by Gasteiger charge is 2.01. The van der Waals surface area contributed by atoms with Gasteiger partial charge in [-0.2, -0.15) is 5.10 Å². The molecule has 0 saturated carbocycles. The summed E-state index contributed by atoms with van der Waals surface area (Å²) in [6.45, 7) is 1.51. The van der Waals surface area contributed by atoms with Crippen molar-refractivity contribution in [3.63, 3.8) is 0 Å². The highest BCUT2D eigenvalue weighted by atomic mass is 35.5. The van der Waals surface area contributed by atoms with Crippen LogP contribution < -0.4 is 10.6 Å². The fourth-order valence-corrected chi connectivity index (χ4v) is 3.28. The Balaban J connectivity index is 1.40. The third-order valence-corrected chi connectivity index (χ3v) is 5.05. The number of halogens is 1. The SMILES string of the molecule is CN=C(NCCSc1ccc(Cl)cc1)NCc1ccc(-n2cncn2)cc1. The molecule has 8 heteroatoms. The molecule has 2 aromatic carbocycles. The minimum atomic E-state index is 0.696. The molecule has 1 aromatic heterocycles. The third-order valence-electron chi connectivity index (χ3n) is 3.78. The number of nitrogens with one attached hydrogen (secondary N) is 2. The fourth-order valence-electron chi connectivity index (χ4n) is 2.38. The maximum Gasteiger partial charge on any atom is 0.191 e. The molecule has 0 atom stereocenters. The minimum absolute atomic E-state index is 0.696. The Labute approximate surface area is 168 Å². The zero-order chi connectivity index (χ0) is 18.9. The Morgan fingerprint density at radius 1 is 1.11 bits per heavy atom. The molecule has 0 spiro atoms. The summed E-state index contributed by atoms with van der Waals surface area (Å²) >= 11 is 7.68. The number of hydrogen-bond donors (Lipinski definition) is 2. The molecule has 1 heterocycles. The molecule has 0 saturated heterocycles. The summed E-state index contributed by atoms with van der Waals surface area (Å²) < 4.78 is 1.73. The topological polar surface area (TPSA) is 67.1 Å². The van der Waals surface area contributed by atoms with Crippen LogP contribution in [0.5, 0.6) is 0 Å². The van der Waals surface area contributed by atoms with Crippen LogP contribution in [0.2, 0.25) is 5.02 Å². The molecule has 0 amide bonds. The van der Waals surface area contributed by atoms with E-state index in [2.05, 4.69) is 37.8 Å². The average molecular weight is 401 g/mol. The van der Waals surface area contributed by atoms with E-state index in [0.29, 0.717) is 6.54 Å². The van der Waals surface area contributed by atoms with Crippen LogP contribution in [-0.2, 0) is 6.54 Å². The quantitative estimate of drug-likeness (QED) is 0.275. The molecule has 0 unspecified atom stereocenters. The van der Waals surface area contributed by atoms with Crippen LogP contribution in [0.15, 0.2) is 71.1 Å². The standard InChI is InChI=1S/C19H21ClN6S/c1-21-19(23-10-11-27-18-8-4-16(20)5-9-18)24-12-15-2-6-17(7-3-15)26-14-22-13-25-26/h2-9,13-14H,10-12H2,1H3,(H2,21,23,24). The van der Waals surface area contributed by atoms with Gasteiger partial charge in [-0.1, -0.05) is 23.7 Å². The first kappa shape index (κ1) is 19.3. The minimum Gasteiger partial charge on any atom is -0.356 e. The zero-order valence-corrected chi connectivity index (χ0v) is 16.5. The van der Waals surface area contributed by atoms with Gasteiger partial charge in [0.2, 0.25) is 0 Å². The van der Waals surface area contributed by atoms with Crippen molar-refractivity contribution in [1.82, 2.24) is 25.4 Å². The Morgan fingerprint density at radius 2 is 1.89 bits per heavy atom. The Kier molecular flexibility index (Phi) is 7.12. The molecule has 0 fully saturated rings. The van der Waals surface area contributed by atoms with Crippen molar-refractivity contribution in [2.75, 3.05) is 19.3 Å². The molecule has 0 aliphatic rings. The molecular formula is C19H21ClN6S. The first-order chi connectivity index (χ1) is 13.2.